The van der Waals surface area contributed by atoms with Crippen molar-refractivity contribution in [3.63, 3.8) is 0 Å². The molecule has 19 heavy (non-hydrogen) atoms. The first-order valence-corrected chi connectivity index (χ1v) is 7.68. The molecular weight excluding hydrogens is 304 g/mol. The van der Waals surface area contributed by atoms with E-state index >= 15 is 0 Å². The van der Waals surface area contributed by atoms with E-state index in [2.05, 4.69) is 29.8 Å². The Morgan fingerprint density at radius 1 is 1.21 bits per heavy atom. The van der Waals surface area contributed by atoms with E-state index in [1.54, 1.807) is 7.11 Å². The molecular formula is C16H21BrO2. The molecule has 1 aliphatic carbocycles. The molecule has 3 heteroatoms. The lowest BCUT2D eigenvalue weighted by atomic mass is 9.74. The van der Waals surface area contributed by atoms with Crippen LogP contribution in [0.2, 0.25) is 0 Å². The molecule has 1 saturated carbocycles. The number of ketones is 1. The monoisotopic (exact) mass is 324 g/mol. The van der Waals surface area contributed by atoms with Crippen molar-refractivity contribution in [1.29, 1.82) is 0 Å². The third-order valence-electron chi connectivity index (χ3n) is 3.99. The zero-order valence-electron chi connectivity index (χ0n) is 11.8. The summed E-state index contributed by atoms with van der Waals surface area (Å²) in [5, 5.41) is 0. The van der Waals surface area contributed by atoms with Gasteiger partial charge < -0.3 is 4.74 Å². The summed E-state index contributed by atoms with van der Waals surface area (Å²) in [4.78, 5) is 12.7. The Balaban J connectivity index is 2.23. The molecule has 0 aliphatic heterocycles. The molecule has 0 saturated heterocycles. The van der Waals surface area contributed by atoms with Gasteiger partial charge in [0, 0.05) is 16.0 Å². The van der Waals surface area contributed by atoms with E-state index in [0.29, 0.717) is 11.8 Å². The topological polar surface area (TPSA) is 26.3 Å². The minimum atomic E-state index is 0.155. The van der Waals surface area contributed by atoms with Crippen molar-refractivity contribution in [3.05, 3.63) is 28.2 Å². The number of hydrogen-bond acceptors (Lipinski definition) is 2. The average molecular weight is 325 g/mol. The lowest BCUT2D eigenvalue weighted by molar-refractivity contribution is 0.0835. The Morgan fingerprint density at radius 2 is 1.84 bits per heavy atom. The summed E-state index contributed by atoms with van der Waals surface area (Å²) in [5.74, 6) is 2.43. The number of benzene rings is 1. The lowest BCUT2D eigenvalue weighted by Gasteiger charge is -2.30. The number of ether oxygens (including phenoxy) is 1. The fourth-order valence-corrected chi connectivity index (χ4v) is 3.64. The smallest absolute Gasteiger partial charge is 0.167 e. The highest BCUT2D eigenvalue weighted by atomic mass is 79.9. The number of hydrogen-bond donors (Lipinski definition) is 0. The molecule has 0 heterocycles. The first kappa shape index (κ1) is 14.6. The van der Waals surface area contributed by atoms with Crippen molar-refractivity contribution in [3.8, 4) is 5.75 Å². The maximum absolute atomic E-state index is 12.7. The van der Waals surface area contributed by atoms with E-state index < -0.39 is 0 Å². The molecule has 0 bridgehead atoms. The van der Waals surface area contributed by atoms with Gasteiger partial charge >= 0.3 is 0 Å². The summed E-state index contributed by atoms with van der Waals surface area (Å²) in [6.07, 6.45) is 3.25. The SMILES string of the molecule is COc1ccc(Br)c(C(=O)C2CC(C)CC(C)C2)c1. The zero-order valence-corrected chi connectivity index (χ0v) is 13.4. The molecule has 0 N–H and O–H groups in total. The van der Waals surface area contributed by atoms with Gasteiger partial charge in [-0.25, -0.2) is 0 Å². The average Bonchev–Trinajstić information content (AvgIpc) is 2.37. The van der Waals surface area contributed by atoms with Gasteiger partial charge in [0.2, 0.25) is 0 Å². The number of carbonyl (C=O) groups excluding carboxylic acids is 1. The Hall–Kier alpha value is -0.830. The highest BCUT2D eigenvalue weighted by Crippen LogP contribution is 2.36. The third kappa shape index (κ3) is 3.38. The fraction of sp³-hybridized carbons (Fsp3) is 0.562. The maximum atomic E-state index is 12.7. The number of Topliss-reactive ketones (excluding diaryl/α,β-unsaturated/α-hetero) is 1. The van der Waals surface area contributed by atoms with Gasteiger partial charge in [0.05, 0.1) is 7.11 Å². The summed E-state index contributed by atoms with van der Waals surface area (Å²) in [6.45, 7) is 4.49. The first-order valence-electron chi connectivity index (χ1n) is 6.89. The number of rotatable bonds is 3. The van der Waals surface area contributed by atoms with Crippen LogP contribution in [-0.2, 0) is 0 Å². The van der Waals surface area contributed by atoms with E-state index in [1.165, 1.54) is 6.42 Å². The summed E-state index contributed by atoms with van der Waals surface area (Å²) in [7, 11) is 1.63. The number of methoxy groups -OCH3 is 1. The van der Waals surface area contributed by atoms with Gasteiger partial charge in [-0.05, 0) is 49.3 Å². The summed E-state index contributed by atoms with van der Waals surface area (Å²) in [5.41, 5.74) is 0.755. The van der Waals surface area contributed by atoms with E-state index in [0.717, 1.165) is 28.6 Å². The van der Waals surface area contributed by atoms with Gasteiger partial charge in [0.25, 0.3) is 0 Å². The highest BCUT2D eigenvalue weighted by Gasteiger charge is 2.30. The Bertz CT molecular complexity index is 460. The second-order valence-corrected chi connectivity index (χ2v) is 6.68. The van der Waals surface area contributed by atoms with Gasteiger partial charge in [-0.15, -0.1) is 0 Å². The highest BCUT2D eigenvalue weighted by molar-refractivity contribution is 9.10. The van der Waals surface area contributed by atoms with Gasteiger partial charge in [-0.1, -0.05) is 29.8 Å². The van der Waals surface area contributed by atoms with Crippen LogP contribution in [0, 0.1) is 17.8 Å². The van der Waals surface area contributed by atoms with Crippen LogP contribution in [0.3, 0.4) is 0 Å². The second kappa shape index (κ2) is 6.08. The van der Waals surface area contributed by atoms with Crippen molar-refractivity contribution in [2.24, 2.45) is 17.8 Å². The standard InChI is InChI=1S/C16H21BrO2/c1-10-6-11(2)8-12(7-10)16(18)14-9-13(19-3)4-5-15(14)17/h4-5,9-12H,6-8H2,1-3H3. The van der Waals surface area contributed by atoms with Crippen LogP contribution in [0.5, 0.6) is 5.75 Å². The molecule has 104 valence electrons. The molecule has 0 radical (unpaired) electrons. The van der Waals surface area contributed by atoms with E-state index in [9.17, 15) is 4.79 Å². The predicted octanol–water partition coefficient (Wildman–Crippen LogP) is 4.71. The first-order chi connectivity index (χ1) is 9.01. The van der Waals surface area contributed by atoms with Crippen LogP contribution in [0.15, 0.2) is 22.7 Å². The summed E-state index contributed by atoms with van der Waals surface area (Å²) < 4.78 is 6.08. The quantitative estimate of drug-likeness (QED) is 0.752. The van der Waals surface area contributed by atoms with Crippen LogP contribution >= 0.6 is 15.9 Å². The van der Waals surface area contributed by atoms with Gasteiger partial charge in [-0.3, -0.25) is 4.79 Å². The van der Waals surface area contributed by atoms with E-state index in [1.807, 2.05) is 18.2 Å². The van der Waals surface area contributed by atoms with Crippen LogP contribution in [-0.4, -0.2) is 12.9 Å². The fourth-order valence-electron chi connectivity index (χ4n) is 3.20. The van der Waals surface area contributed by atoms with Gasteiger partial charge in [0.1, 0.15) is 5.75 Å². The number of carbonyl (C=O) groups is 1. The normalized spacial score (nSPS) is 27.1. The van der Waals surface area contributed by atoms with E-state index in [-0.39, 0.29) is 11.7 Å². The van der Waals surface area contributed by atoms with Gasteiger partial charge in [-0.2, -0.15) is 0 Å². The molecule has 2 nitrogen and oxygen atoms in total. The largest absolute Gasteiger partial charge is 0.497 e. The molecule has 0 amide bonds. The molecule has 1 aromatic carbocycles. The van der Waals surface area contributed by atoms with Crippen molar-refractivity contribution in [2.75, 3.05) is 7.11 Å². The molecule has 1 aliphatic rings. The van der Waals surface area contributed by atoms with Crippen molar-refractivity contribution in [2.45, 2.75) is 33.1 Å². The van der Waals surface area contributed by atoms with Crippen molar-refractivity contribution in [1.82, 2.24) is 0 Å². The van der Waals surface area contributed by atoms with Crippen LogP contribution in [0.1, 0.15) is 43.5 Å². The molecule has 2 unspecified atom stereocenters. The Morgan fingerprint density at radius 3 is 2.42 bits per heavy atom. The zero-order chi connectivity index (χ0) is 14.0. The van der Waals surface area contributed by atoms with Gasteiger partial charge in [0.15, 0.2) is 5.78 Å². The van der Waals surface area contributed by atoms with Crippen LogP contribution in [0.4, 0.5) is 0 Å². The van der Waals surface area contributed by atoms with Crippen molar-refractivity contribution < 1.29 is 9.53 Å². The van der Waals surface area contributed by atoms with Crippen molar-refractivity contribution >= 4 is 21.7 Å². The Labute approximate surface area is 123 Å². The minimum absolute atomic E-state index is 0.155. The summed E-state index contributed by atoms with van der Waals surface area (Å²) >= 11 is 3.48. The second-order valence-electron chi connectivity index (χ2n) is 5.82. The summed E-state index contributed by atoms with van der Waals surface area (Å²) in [6, 6.07) is 5.60. The molecule has 1 fully saturated rings. The third-order valence-corrected chi connectivity index (χ3v) is 4.68. The maximum Gasteiger partial charge on any atom is 0.167 e. The lowest BCUT2D eigenvalue weighted by Crippen LogP contribution is -2.26. The minimum Gasteiger partial charge on any atom is -0.497 e. The van der Waals surface area contributed by atoms with Crippen LogP contribution < -0.4 is 4.74 Å². The van der Waals surface area contributed by atoms with Crippen LogP contribution in [0.25, 0.3) is 0 Å². The molecule has 0 aromatic heterocycles. The Kier molecular flexibility index (Phi) is 4.67. The molecule has 2 rings (SSSR count). The molecule has 2 atom stereocenters. The van der Waals surface area contributed by atoms with E-state index in [4.69, 9.17) is 4.74 Å². The molecule has 0 spiro atoms. The number of halogens is 1. The molecule has 1 aromatic rings. The predicted molar refractivity (Wildman–Crippen MR) is 80.7 cm³/mol.